The van der Waals surface area contributed by atoms with Crippen molar-refractivity contribution in [1.82, 2.24) is 9.88 Å². The van der Waals surface area contributed by atoms with E-state index in [-0.39, 0.29) is 12.5 Å². The molecule has 1 amide bonds. The summed E-state index contributed by atoms with van der Waals surface area (Å²) < 4.78 is 1.96. The summed E-state index contributed by atoms with van der Waals surface area (Å²) >= 11 is 0. The number of amides is 1. The first kappa shape index (κ1) is 12.7. The Labute approximate surface area is 110 Å². The summed E-state index contributed by atoms with van der Waals surface area (Å²) in [5, 5.41) is 6.03. The van der Waals surface area contributed by atoms with Crippen LogP contribution in [0.15, 0.2) is 53.9 Å². The molecule has 0 aliphatic heterocycles. The maximum atomic E-state index is 11.8. The highest BCUT2D eigenvalue weighted by Gasteiger charge is 2.04. The Bertz CT molecular complexity index is 582. The Morgan fingerprint density at radius 3 is 2.58 bits per heavy atom. The molecule has 1 aromatic heterocycles. The minimum atomic E-state index is -0.174. The van der Waals surface area contributed by atoms with Crippen molar-refractivity contribution >= 4 is 5.91 Å². The summed E-state index contributed by atoms with van der Waals surface area (Å²) in [5.41, 5.74) is 9.69. The quantitative estimate of drug-likeness (QED) is 0.378. The van der Waals surface area contributed by atoms with Crippen LogP contribution in [0.1, 0.15) is 10.4 Å². The molecule has 0 unspecified atom stereocenters. The van der Waals surface area contributed by atoms with Crippen LogP contribution < -0.4 is 5.32 Å². The number of carbonyl (C=O) groups is 1. The fraction of sp³-hybridized carbons (Fsp3) is 0.154. The van der Waals surface area contributed by atoms with Gasteiger partial charge in [0.25, 0.3) is 5.91 Å². The third kappa shape index (κ3) is 3.37. The van der Waals surface area contributed by atoms with Crippen LogP contribution >= 0.6 is 0 Å². The lowest BCUT2D eigenvalue weighted by molar-refractivity contribution is 0.0955. The molecule has 0 aliphatic carbocycles. The molecule has 1 heterocycles. The van der Waals surface area contributed by atoms with E-state index in [1.54, 1.807) is 12.1 Å². The van der Waals surface area contributed by atoms with E-state index in [9.17, 15) is 4.79 Å². The highest BCUT2D eigenvalue weighted by molar-refractivity contribution is 5.94. The smallest absolute Gasteiger partial charge is 0.251 e. The van der Waals surface area contributed by atoms with E-state index in [1.165, 1.54) is 0 Å². The lowest BCUT2D eigenvalue weighted by Gasteiger charge is -2.06. The van der Waals surface area contributed by atoms with Crippen LogP contribution in [0.5, 0.6) is 0 Å². The lowest BCUT2D eigenvalue weighted by Crippen LogP contribution is -2.25. The molecule has 0 spiro atoms. The molecule has 19 heavy (non-hydrogen) atoms. The number of rotatable bonds is 5. The SMILES string of the molecule is [N-]=[N+]=NCCNC(=O)c1ccc(-n2cccc2)cc1. The molecule has 1 N–H and O–H groups in total. The highest BCUT2D eigenvalue weighted by Crippen LogP contribution is 2.09. The second-order valence-corrected chi connectivity index (χ2v) is 3.85. The molecule has 0 fully saturated rings. The van der Waals surface area contributed by atoms with Crippen LogP contribution in [0, 0.1) is 0 Å². The molecule has 6 heteroatoms. The molecule has 0 saturated heterocycles. The molecule has 0 aliphatic rings. The first-order chi connectivity index (χ1) is 9.31. The van der Waals surface area contributed by atoms with E-state index in [4.69, 9.17) is 5.53 Å². The maximum Gasteiger partial charge on any atom is 0.251 e. The van der Waals surface area contributed by atoms with Gasteiger partial charge in [0.2, 0.25) is 0 Å². The molecule has 0 bridgehead atoms. The molecule has 0 saturated carbocycles. The van der Waals surface area contributed by atoms with Gasteiger partial charge in [0.15, 0.2) is 0 Å². The first-order valence-electron chi connectivity index (χ1n) is 5.84. The Morgan fingerprint density at radius 1 is 1.26 bits per heavy atom. The lowest BCUT2D eigenvalue weighted by atomic mass is 10.2. The predicted molar refractivity (Wildman–Crippen MR) is 72.1 cm³/mol. The van der Waals surface area contributed by atoms with Crippen LogP contribution in [0.2, 0.25) is 0 Å². The Hall–Kier alpha value is -2.72. The van der Waals surface area contributed by atoms with Crippen molar-refractivity contribution in [3.63, 3.8) is 0 Å². The third-order valence-corrected chi connectivity index (χ3v) is 2.59. The number of hydrogen-bond acceptors (Lipinski definition) is 2. The zero-order chi connectivity index (χ0) is 13.5. The van der Waals surface area contributed by atoms with Crippen LogP contribution in [0.25, 0.3) is 16.1 Å². The standard InChI is InChI=1S/C13H13N5O/c14-17-16-8-7-15-13(19)11-3-5-12(6-4-11)18-9-1-2-10-18/h1-6,9-10H,7-8H2,(H,15,19). The van der Waals surface area contributed by atoms with Gasteiger partial charge in [-0.05, 0) is 41.9 Å². The molecule has 1 aromatic carbocycles. The topological polar surface area (TPSA) is 82.8 Å². The van der Waals surface area contributed by atoms with Crippen LogP contribution in [0.4, 0.5) is 0 Å². The van der Waals surface area contributed by atoms with E-state index < -0.39 is 0 Å². The zero-order valence-corrected chi connectivity index (χ0v) is 10.2. The average molecular weight is 255 g/mol. The number of aromatic nitrogens is 1. The van der Waals surface area contributed by atoms with Crippen molar-refractivity contribution in [3.8, 4) is 5.69 Å². The van der Waals surface area contributed by atoms with Gasteiger partial charge in [-0.2, -0.15) is 0 Å². The molecular weight excluding hydrogens is 242 g/mol. The van der Waals surface area contributed by atoms with E-state index in [0.29, 0.717) is 12.1 Å². The maximum absolute atomic E-state index is 11.8. The van der Waals surface area contributed by atoms with E-state index in [0.717, 1.165) is 5.69 Å². The number of carbonyl (C=O) groups excluding carboxylic acids is 1. The molecule has 0 radical (unpaired) electrons. The Morgan fingerprint density at radius 2 is 1.95 bits per heavy atom. The van der Waals surface area contributed by atoms with Crippen LogP contribution in [-0.4, -0.2) is 23.6 Å². The van der Waals surface area contributed by atoms with E-state index >= 15 is 0 Å². The van der Waals surface area contributed by atoms with Gasteiger partial charge >= 0.3 is 0 Å². The van der Waals surface area contributed by atoms with Gasteiger partial charge in [-0.15, -0.1) is 0 Å². The van der Waals surface area contributed by atoms with Crippen molar-refractivity contribution < 1.29 is 4.79 Å². The largest absolute Gasteiger partial charge is 0.352 e. The monoisotopic (exact) mass is 255 g/mol. The fourth-order valence-corrected chi connectivity index (χ4v) is 1.66. The van der Waals surface area contributed by atoms with Gasteiger partial charge < -0.3 is 9.88 Å². The first-order valence-corrected chi connectivity index (χ1v) is 5.84. The Kier molecular flexibility index (Phi) is 4.21. The van der Waals surface area contributed by atoms with Crippen molar-refractivity contribution in [2.75, 3.05) is 13.1 Å². The van der Waals surface area contributed by atoms with Gasteiger partial charge in [0.1, 0.15) is 0 Å². The predicted octanol–water partition coefficient (Wildman–Crippen LogP) is 2.52. The zero-order valence-electron chi connectivity index (χ0n) is 10.2. The van der Waals surface area contributed by atoms with E-state index in [2.05, 4.69) is 15.3 Å². The summed E-state index contributed by atoms with van der Waals surface area (Å²) in [6, 6.07) is 11.2. The van der Waals surface area contributed by atoms with Crippen molar-refractivity contribution in [1.29, 1.82) is 0 Å². The molecule has 2 rings (SSSR count). The molecule has 0 atom stereocenters. The summed E-state index contributed by atoms with van der Waals surface area (Å²) in [4.78, 5) is 14.4. The number of azide groups is 1. The van der Waals surface area contributed by atoms with Gasteiger partial charge in [0, 0.05) is 41.6 Å². The molecule has 2 aromatic rings. The van der Waals surface area contributed by atoms with E-state index in [1.807, 2.05) is 41.2 Å². The second-order valence-electron chi connectivity index (χ2n) is 3.85. The van der Waals surface area contributed by atoms with Gasteiger partial charge in [-0.1, -0.05) is 5.11 Å². The number of benzene rings is 1. The van der Waals surface area contributed by atoms with Gasteiger partial charge in [-0.25, -0.2) is 0 Å². The minimum absolute atomic E-state index is 0.174. The van der Waals surface area contributed by atoms with Crippen LogP contribution in [-0.2, 0) is 0 Å². The fourth-order valence-electron chi connectivity index (χ4n) is 1.66. The number of nitrogens with zero attached hydrogens (tertiary/aromatic N) is 4. The Balaban J connectivity index is 1.98. The molecular formula is C13H13N5O. The normalized spacial score (nSPS) is 9.68. The third-order valence-electron chi connectivity index (χ3n) is 2.59. The average Bonchev–Trinajstić information content (AvgIpc) is 2.98. The van der Waals surface area contributed by atoms with Crippen molar-refractivity contribution in [3.05, 3.63) is 64.8 Å². The minimum Gasteiger partial charge on any atom is -0.352 e. The summed E-state index contributed by atoms with van der Waals surface area (Å²) in [7, 11) is 0. The number of nitrogens with one attached hydrogen (secondary N) is 1. The van der Waals surface area contributed by atoms with Crippen LogP contribution in [0.3, 0.4) is 0 Å². The summed E-state index contributed by atoms with van der Waals surface area (Å²) in [5.74, 6) is -0.174. The van der Waals surface area contributed by atoms with Crippen molar-refractivity contribution in [2.45, 2.75) is 0 Å². The highest BCUT2D eigenvalue weighted by atomic mass is 16.1. The number of hydrogen-bond donors (Lipinski definition) is 1. The summed E-state index contributed by atoms with van der Waals surface area (Å²) in [6.45, 7) is 0.589. The van der Waals surface area contributed by atoms with Crippen molar-refractivity contribution in [2.24, 2.45) is 5.11 Å². The van der Waals surface area contributed by atoms with Gasteiger partial charge in [0.05, 0.1) is 0 Å². The molecule has 6 nitrogen and oxygen atoms in total. The van der Waals surface area contributed by atoms with Gasteiger partial charge in [-0.3, -0.25) is 4.79 Å². The summed E-state index contributed by atoms with van der Waals surface area (Å²) in [6.07, 6.45) is 3.88. The molecule has 96 valence electrons. The second kappa shape index (κ2) is 6.28.